The van der Waals surface area contributed by atoms with Crippen LogP contribution in [0, 0.1) is 11.8 Å². The summed E-state index contributed by atoms with van der Waals surface area (Å²) in [7, 11) is 0. The first-order valence-corrected chi connectivity index (χ1v) is 3.04. The smallest absolute Gasteiger partial charge is 0.0215 e. The molecule has 3 atom stereocenters. The SMILES string of the molecule is CC1C2CCC12N. The van der Waals surface area contributed by atoms with Crippen LogP contribution in [-0.4, -0.2) is 5.54 Å². The predicted molar refractivity (Wildman–Crippen MR) is 28.8 cm³/mol. The molecule has 2 N–H and O–H groups in total. The molecule has 0 saturated heterocycles. The molecule has 0 aliphatic heterocycles. The average Bonchev–Trinajstić information content (AvgIpc) is 1.86. The maximum atomic E-state index is 5.84. The number of hydrogen-bond acceptors (Lipinski definition) is 1. The Morgan fingerprint density at radius 3 is 2.29 bits per heavy atom. The summed E-state index contributed by atoms with van der Waals surface area (Å²) in [5, 5.41) is 0. The standard InChI is InChI=1S/C6H11N/c1-4-5-2-3-6(4,5)7/h4-5H,2-3,7H2,1H3. The van der Waals surface area contributed by atoms with Crippen molar-refractivity contribution in [3.8, 4) is 0 Å². The highest BCUT2D eigenvalue weighted by Gasteiger charge is 2.65. The molecule has 0 amide bonds. The maximum Gasteiger partial charge on any atom is 0.0215 e. The summed E-state index contributed by atoms with van der Waals surface area (Å²) in [6.45, 7) is 2.26. The van der Waals surface area contributed by atoms with Crippen molar-refractivity contribution in [1.29, 1.82) is 0 Å². The fourth-order valence-corrected chi connectivity index (χ4v) is 1.88. The lowest BCUT2D eigenvalue weighted by Gasteiger charge is -2.18. The molecule has 0 heterocycles. The third-order valence-electron chi connectivity index (χ3n) is 2.92. The van der Waals surface area contributed by atoms with Crippen LogP contribution in [-0.2, 0) is 0 Å². The second-order valence-electron chi connectivity index (χ2n) is 3.05. The molecule has 0 bridgehead atoms. The van der Waals surface area contributed by atoms with Gasteiger partial charge in [0.05, 0.1) is 0 Å². The van der Waals surface area contributed by atoms with Crippen molar-refractivity contribution in [3.63, 3.8) is 0 Å². The Bertz CT molecular complexity index is 105. The first-order chi connectivity index (χ1) is 3.25. The van der Waals surface area contributed by atoms with Crippen LogP contribution in [0.15, 0.2) is 0 Å². The van der Waals surface area contributed by atoms with Crippen LogP contribution in [0.25, 0.3) is 0 Å². The summed E-state index contributed by atoms with van der Waals surface area (Å²) in [5.41, 5.74) is 6.19. The minimum atomic E-state index is 0.347. The van der Waals surface area contributed by atoms with E-state index < -0.39 is 0 Å². The first kappa shape index (κ1) is 3.90. The van der Waals surface area contributed by atoms with Crippen molar-refractivity contribution in [1.82, 2.24) is 0 Å². The van der Waals surface area contributed by atoms with E-state index in [1.165, 1.54) is 12.8 Å². The van der Waals surface area contributed by atoms with E-state index in [1.54, 1.807) is 0 Å². The zero-order valence-corrected chi connectivity index (χ0v) is 4.65. The van der Waals surface area contributed by atoms with Crippen LogP contribution in [0.2, 0.25) is 0 Å². The van der Waals surface area contributed by atoms with Gasteiger partial charge in [0.2, 0.25) is 0 Å². The summed E-state index contributed by atoms with van der Waals surface area (Å²) in [6.07, 6.45) is 2.69. The number of nitrogens with two attached hydrogens (primary N) is 1. The zero-order chi connectivity index (χ0) is 5.07. The normalized spacial score (nSPS) is 66.0. The molecular weight excluding hydrogens is 86.1 g/mol. The molecule has 0 radical (unpaired) electrons. The summed E-state index contributed by atoms with van der Waals surface area (Å²) in [4.78, 5) is 0. The second kappa shape index (κ2) is 0.752. The van der Waals surface area contributed by atoms with E-state index >= 15 is 0 Å². The van der Waals surface area contributed by atoms with Gasteiger partial charge in [0.25, 0.3) is 0 Å². The Labute approximate surface area is 43.9 Å². The molecule has 2 rings (SSSR count). The first-order valence-electron chi connectivity index (χ1n) is 3.04. The highest BCUT2D eigenvalue weighted by atomic mass is 14.9. The van der Waals surface area contributed by atoms with Crippen molar-refractivity contribution < 1.29 is 0 Å². The molecule has 1 nitrogen and oxygen atoms in total. The molecule has 7 heavy (non-hydrogen) atoms. The van der Waals surface area contributed by atoms with E-state index in [0.717, 1.165) is 11.8 Å². The monoisotopic (exact) mass is 97.1 g/mol. The zero-order valence-electron chi connectivity index (χ0n) is 4.65. The third kappa shape index (κ3) is 0.235. The van der Waals surface area contributed by atoms with Crippen LogP contribution < -0.4 is 5.73 Å². The number of fused-ring (bicyclic) bond motifs is 1. The molecule has 0 aromatic heterocycles. The van der Waals surface area contributed by atoms with Crippen LogP contribution in [0.1, 0.15) is 19.8 Å². The molecular formula is C6H11N. The summed E-state index contributed by atoms with van der Waals surface area (Å²) in [5.74, 6) is 1.78. The van der Waals surface area contributed by atoms with Crippen molar-refractivity contribution >= 4 is 0 Å². The Kier molecular flexibility index (Phi) is 0.419. The molecule has 0 spiro atoms. The van der Waals surface area contributed by atoms with Crippen molar-refractivity contribution in [3.05, 3.63) is 0 Å². The third-order valence-corrected chi connectivity index (χ3v) is 2.92. The number of hydrogen-bond donors (Lipinski definition) is 1. The van der Waals surface area contributed by atoms with E-state index in [2.05, 4.69) is 6.92 Å². The van der Waals surface area contributed by atoms with Crippen LogP contribution in [0.5, 0.6) is 0 Å². The minimum absolute atomic E-state index is 0.347. The van der Waals surface area contributed by atoms with Gasteiger partial charge in [-0.15, -0.1) is 0 Å². The summed E-state index contributed by atoms with van der Waals surface area (Å²) < 4.78 is 0. The van der Waals surface area contributed by atoms with Gasteiger partial charge in [0.1, 0.15) is 0 Å². The Balaban J connectivity index is 2.20. The summed E-state index contributed by atoms with van der Waals surface area (Å²) in [6, 6.07) is 0. The Hall–Kier alpha value is -0.0400. The van der Waals surface area contributed by atoms with Gasteiger partial charge in [-0.2, -0.15) is 0 Å². The lowest BCUT2D eigenvalue weighted by Crippen LogP contribution is -2.32. The van der Waals surface area contributed by atoms with Gasteiger partial charge in [-0.1, -0.05) is 6.92 Å². The van der Waals surface area contributed by atoms with E-state index in [-0.39, 0.29) is 0 Å². The van der Waals surface area contributed by atoms with Gasteiger partial charge in [-0.25, -0.2) is 0 Å². The molecule has 0 aromatic carbocycles. The molecule has 40 valence electrons. The van der Waals surface area contributed by atoms with Crippen LogP contribution in [0.4, 0.5) is 0 Å². The van der Waals surface area contributed by atoms with Gasteiger partial charge >= 0.3 is 0 Å². The molecule has 2 fully saturated rings. The molecule has 2 aliphatic carbocycles. The molecule has 0 aromatic rings. The quantitative estimate of drug-likeness (QED) is 0.474. The lowest BCUT2D eigenvalue weighted by atomic mass is 9.94. The number of rotatable bonds is 0. The largest absolute Gasteiger partial charge is 0.325 e. The van der Waals surface area contributed by atoms with Crippen LogP contribution in [0.3, 0.4) is 0 Å². The topological polar surface area (TPSA) is 26.0 Å². The van der Waals surface area contributed by atoms with Crippen molar-refractivity contribution in [2.24, 2.45) is 17.6 Å². The van der Waals surface area contributed by atoms with Gasteiger partial charge in [-0.3, -0.25) is 0 Å². The molecule has 3 unspecified atom stereocenters. The molecule has 2 aliphatic rings. The van der Waals surface area contributed by atoms with Gasteiger partial charge in [0, 0.05) is 5.54 Å². The predicted octanol–water partition coefficient (Wildman–Crippen LogP) is 0.744. The van der Waals surface area contributed by atoms with E-state index in [0.29, 0.717) is 5.54 Å². The summed E-state index contributed by atoms with van der Waals surface area (Å²) >= 11 is 0. The van der Waals surface area contributed by atoms with Crippen molar-refractivity contribution in [2.45, 2.75) is 25.3 Å². The fourth-order valence-electron chi connectivity index (χ4n) is 1.88. The Morgan fingerprint density at radius 2 is 2.29 bits per heavy atom. The fraction of sp³-hybridized carbons (Fsp3) is 1.00. The second-order valence-corrected chi connectivity index (χ2v) is 3.05. The highest BCUT2D eigenvalue weighted by Crippen LogP contribution is 2.62. The average molecular weight is 97.2 g/mol. The van der Waals surface area contributed by atoms with Gasteiger partial charge < -0.3 is 5.73 Å². The Morgan fingerprint density at radius 1 is 1.71 bits per heavy atom. The molecule has 1 heteroatoms. The minimum Gasteiger partial charge on any atom is -0.325 e. The lowest BCUT2D eigenvalue weighted by molar-refractivity contribution is 0.399. The highest BCUT2D eigenvalue weighted by molar-refractivity contribution is 5.21. The maximum absolute atomic E-state index is 5.84. The van der Waals surface area contributed by atoms with E-state index in [1.807, 2.05) is 0 Å². The van der Waals surface area contributed by atoms with E-state index in [9.17, 15) is 0 Å². The van der Waals surface area contributed by atoms with Crippen molar-refractivity contribution in [2.75, 3.05) is 0 Å². The van der Waals surface area contributed by atoms with Gasteiger partial charge in [-0.05, 0) is 24.7 Å². The molecule has 2 saturated carbocycles. The van der Waals surface area contributed by atoms with Crippen LogP contribution >= 0.6 is 0 Å². The van der Waals surface area contributed by atoms with E-state index in [4.69, 9.17) is 5.73 Å². The van der Waals surface area contributed by atoms with Gasteiger partial charge in [0.15, 0.2) is 0 Å².